The minimum absolute atomic E-state index is 0.0999. The number of nitrogens with zero attached hydrogens (tertiary/aromatic N) is 3. The van der Waals surface area contributed by atoms with Gasteiger partial charge in [-0.05, 0) is 34.6 Å². The fraction of sp³-hybridized carbons (Fsp3) is 0.321. The van der Waals surface area contributed by atoms with Crippen molar-refractivity contribution in [2.45, 2.75) is 53.5 Å². The predicted molar refractivity (Wildman–Crippen MR) is 138 cm³/mol. The molecule has 8 heteroatoms. The number of Topliss-reactive ketones (excluding diaryl/α,β-unsaturated/α-hetero) is 1. The number of H-pyrrole nitrogens is 1. The Morgan fingerprint density at radius 1 is 1.06 bits per heavy atom. The zero-order valence-corrected chi connectivity index (χ0v) is 21.0. The fourth-order valence-electron chi connectivity index (χ4n) is 4.32. The first-order chi connectivity index (χ1) is 17.1. The molecule has 4 aromatic rings. The largest absolute Gasteiger partial charge is 0.478 e. The maximum Gasteiger partial charge on any atom is 0.336 e. The van der Waals surface area contributed by atoms with Crippen molar-refractivity contribution >= 4 is 22.8 Å². The van der Waals surface area contributed by atoms with Gasteiger partial charge in [0, 0.05) is 19.4 Å². The number of benzene rings is 2. The first-order valence-corrected chi connectivity index (χ1v) is 12.0. The molecule has 0 aliphatic carbocycles. The number of hydrogen-bond acceptors (Lipinski definition) is 5. The van der Waals surface area contributed by atoms with Gasteiger partial charge < -0.3 is 9.67 Å². The van der Waals surface area contributed by atoms with Gasteiger partial charge in [0.2, 0.25) is 0 Å². The Balaban J connectivity index is 1.79. The second kappa shape index (κ2) is 9.89. The highest BCUT2D eigenvalue weighted by Gasteiger charge is 2.24. The Kier molecular flexibility index (Phi) is 6.88. The van der Waals surface area contributed by atoms with Crippen molar-refractivity contribution in [3.8, 4) is 11.1 Å². The van der Waals surface area contributed by atoms with E-state index in [1.54, 1.807) is 18.2 Å². The van der Waals surface area contributed by atoms with Crippen LogP contribution in [-0.2, 0) is 13.0 Å². The number of carbonyl (C=O) groups is 2. The van der Waals surface area contributed by atoms with Crippen LogP contribution >= 0.6 is 0 Å². The topological polar surface area (TPSA) is 118 Å². The number of carboxylic acid groups (broad SMARTS) is 1. The third kappa shape index (κ3) is 5.12. The summed E-state index contributed by atoms with van der Waals surface area (Å²) < 4.78 is 1.87. The number of fused-ring (bicyclic) bond motifs is 1. The van der Waals surface area contributed by atoms with Crippen molar-refractivity contribution in [2.75, 3.05) is 0 Å². The minimum Gasteiger partial charge on any atom is -0.478 e. The number of rotatable bonds is 8. The maximum atomic E-state index is 12.9. The Labute approximate surface area is 209 Å². The van der Waals surface area contributed by atoms with Crippen LogP contribution in [0.4, 0.5) is 0 Å². The molecular weight excluding hydrogens is 456 g/mol. The van der Waals surface area contributed by atoms with Crippen molar-refractivity contribution in [1.29, 1.82) is 0 Å². The molecule has 0 amide bonds. The summed E-state index contributed by atoms with van der Waals surface area (Å²) in [5.74, 6) is -0.415. The van der Waals surface area contributed by atoms with Crippen molar-refractivity contribution < 1.29 is 14.7 Å². The van der Waals surface area contributed by atoms with Crippen LogP contribution in [-0.4, -0.2) is 36.6 Å². The lowest BCUT2D eigenvalue weighted by atomic mass is 9.92. The number of nitrogens with one attached hydrogen (secondary N) is 1. The van der Waals surface area contributed by atoms with E-state index >= 15 is 0 Å². The Hall–Kier alpha value is -4.07. The molecule has 2 aromatic heterocycles. The lowest BCUT2D eigenvalue weighted by molar-refractivity contribution is 0.0697. The van der Waals surface area contributed by atoms with Gasteiger partial charge in [0.05, 0.1) is 5.56 Å². The van der Waals surface area contributed by atoms with Crippen LogP contribution in [0.3, 0.4) is 0 Å². The summed E-state index contributed by atoms with van der Waals surface area (Å²) in [5.41, 5.74) is 2.96. The highest BCUT2D eigenvalue weighted by molar-refractivity contribution is 6.04. The van der Waals surface area contributed by atoms with Crippen LogP contribution in [0.5, 0.6) is 0 Å². The van der Waals surface area contributed by atoms with Gasteiger partial charge in [0.1, 0.15) is 16.9 Å². The molecule has 0 aliphatic rings. The van der Waals surface area contributed by atoms with Crippen LogP contribution in [0, 0.1) is 5.41 Å². The second-order valence-electron chi connectivity index (χ2n) is 10.2. The number of ketones is 1. The molecule has 0 unspecified atom stereocenters. The van der Waals surface area contributed by atoms with Crippen LogP contribution < -0.4 is 5.56 Å². The molecule has 0 bridgehead atoms. The molecular formula is C28H30N4O4. The van der Waals surface area contributed by atoms with Crippen molar-refractivity contribution in [3.05, 3.63) is 81.5 Å². The first kappa shape index (κ1) is 25.0. The monoisotopic (exact) mass is 486 g/mol. The summed E-state index contributed by atoms with van der Waals surface area (Å²) in [6, 6.07) is 14.5. The van der Waals surface area contributed by atoms with E-state index in [0.29, 0.717) is 48.2 Å². The van der Waals surface area contributed by atoms with E-state index in [4.69, 9.17) is 4.98 Å². The average Bonchev–Trinajstić information content (AvgIpc) is 3.16. The number of carboxylic acids is 1. The summed E-state index contributed by atoms with van der Waals surface area (Å²) in [6.45, 7) is 8.57. The first-order valence-electron chi connectivity index (χ1n) is 12.0. The molecule has 186 valence electrons. The molecule has 2 heterocycles. The fourth-order valence-corrected chi connectivity index (χ4v) is 4.32. The number of aromatic carboxylic acids is 1. The van der Waals surface area contributed by atoms with Crippen LogP contribution in [0.1, 0.15) is 72.8 Å². The van der Waals surface area contributed by atoms with Gasteiger partial charge in [-0.2, -0.15) is 5.10 Å². The third-order valence-electron chi connectivity index (χ3n) is 5.95. The van der Waals surface area contributed by atoms with Gasteiger partial charge in [-0.25, -0.2) is 14.9 Å². The van der Waals surface area contributed by atoms with Crippen molar-refractivity contribution in [3.63, 3.8) is 0 Å². The molecule has 0 aliphatic heterocycles. The number of carbonyl (C=O) groups excluding carboxylic acids is 1. The zero-order valence-electron chi connectivity index (χ0n) is 21.0. The minimum atomic E-state index is -0.979. The van der Waals surface area contributed by atoms with Crippen LogP contribution in [0.15, 0.2) is 53.3 Å². The summed E-state index contributed by atoms with van der Waals surface area (Å²) in [4.78, 5) is 42.0. The Morgan fingerprint density at radius 2 is 1.75 bits per heavy atom. The molecule has 0 radical (unpaired) electrons. The standard InChI is InChI=1S/C28H30N4O4/c1-5-8-21(33)23-24-25(26(34)31-30-23)32(22(29-24)15-28(2,3)4)16-17-11-13-18(14-12-17)19-9-6-7-10-20(19)27(35)36/h6-7,9-14H,5,8,15-16H2,1-4H3,(H,31,34)(H,35,36). The van der Waals surface area contributed by atoms with Crippen LogP contribution in [0.2, 0.25) is 0 Å². The van der Waals surface area contributed by atoms with Gasteiger partial charge >= 0.3 is 5.97 Å². The van der Waals surface area contributed by atoms with Gasteiger partial charge in [0.25, 0.3) is 5.56 Å². The lowest BCUT2D eigenvalue weighted by Gasteiger charge is -2.19. The summed E-state index contributed by atoms with van der Waals surface area (Å²) in [7, 11) is 0. The molecule has 36 heavy (non-hydrogen) atoms. The third-order valence-corrected chi connectivity index (χ3v) is 5.95. The zero-order chi connectivity index (χ0) is 26.0. The lowest BCUT2D eigenvalue weighted by Crippen LogP contribution is -2.19. The van der Waals surface area contributed by atoms with Crippen molar-refractivity contribution in [2.24, 2.45) is 5.41 Å². The van der Waals surface area contributed by atoms with Gasteiger partial charge in [-0.1, -0.05) is 70.2 Å². The van der Waals surface area contributed by atoms with E-state index < -0.39 is 11.5 Å². The molecule has 0 spiro atoms. The highest BCUT2D eigenvalue weighted by Crippen LogP contribution is 2.27. The van der Waals surface area contributed by atoms with E-state index in [0.717, 1.165) is 11.1 Å². The molecule has 2 N–H and O–H groups in total. The normalized spacial score (nSPS) is 11.7. The summed E-state index contributed by atoms with van der Waals surface area (Å²) in [5, 5.41) is 16.1. The number of aromatic amines is 1. The average molecular weight is 487 g/mol. The number of hydrogen-bond donors (Lipinski definition) is 2. The molecule has 0 fully saturated rings. The van der Waals surface area contributed by atoms with E-state index in [2.05, 4.69) is 31.0 Å². The van der Waals surface area contributed by atoms with Gasteiger partial charge in [-0.15, -0.1) is 0 Å². The molecule has 0 atom stereocenters. The molecule has 4 rings (SSSR count). The maximum absolute atomic E-state index is 12.9. The van der Waals surface area contributed by atoms with E-state index in [9.17, 15) is 19.5 Å². The summed E-state index contributed by atoms with van der Waals surface area (Å²) >= 11 is 0. The quantitative estimate of drug-likeness (QED) is 0.334. The van der Waals surface area contributed by atoms with E-state index in [1.165, 1.54) is 0 Å². The van der Waals surface area contributed by atoms with Gasteiger partial charge in [-0.3, -0.25) is 9.59 Å². The predicted octanol–water partition coefficient (Wildman–Crippen LogP) is 5.10. The van der Waals surface area contributed by atoms with Gasteiger partial charge in [0.15, 0.2) is 11.5 Å². The van der Waals surface area contributed by atoms with E-state index in [-0.39, 0.29) is 22.5 Å². The molecule has 0 saturated heterocycles. The van der Waals surface area contributed by atoms with Crippen molar-refractivity contribution in [1.82, 2.24) is 19.7 Å². The Bertz CT molecular complexity index is 1490. The Morgan fingerprint density at radius 3 is 2.39 bits per heavy atom. The number of aromatic nitrogens is 4. The molecule has 0 saturated carbocycles. The molecule has 8 nitrogen and oxygen atoms in total. The van der Waals surface area contributed by atoms with Crippen LogP contribution in [0.25, 0.3) is 22.2 Å². The number of imidazole rings is 1. The van der Waals surface area contributed by atoms with E-state index in [1.807, 2.05) is 41.8 Å². The molecule has 2 aromatic carbocycles. The summed E-state index contributed by atoms with van der Waals surface area (Å²) in [6.07, 6.45) is 1.61. The SMILES string of the molecule is CCCC(=O)c1n[nH]c(=O)c2c1nc(CC(C)(C)C)n2Cc1ccc(-c2ccccc2C(=O)O)cc1. The smallest absolute Gasteiger partial charge is 0.336 e. The second-order valence-corrected chi connectivity index (χ2v) is 10.2. The highest BCUT2D eigenvalue weighted by atomic mass is 16.4.